The number of methoxy groups -OCH3 is 1. The maximum Gasteiger partial charge on any atom is 0.415 e. The monoisotopic (exact) mass is 257 g/mol. The number of β-amino-alcohol motifs (C(OH)–C–C–N with tert-alkyl or cyclic N) is 2. The highest BCUT2D eigenvalue weighted by Crippen LogP contribution is 2.25. The Hall–Kier alpha value is -0.860. The third kappa shape index (κ3) is 3.55. The van der Waals surface area contributed by atoms with Gasteiger partial charge in [0.2, 0.25) is 0 Å². The minimum Gasteiger partial charge on any atom is -0.468 e. The molecule has 0 spiro atoms. The van der Waals surface area contributed by atoms with E-state index in [1.54, 1.807) is 0 Å². The van der Waals surface area contributed by atoms with Crippen LogP contribution in [-0.2, 0) is 9.53 Å². The molecular weight excluding hydrogens is 243 g/mol. The van der Waals surface area contributed by atoms with Gasteiger partial charge >= 0.3 is 12.1 Å². The molecule has 0 aliphatic carbocycles. The maximum atomic E-state index is 12.2. The molecule has 0 aromatic carbocycles. The fraction of sp³-hybridized carbons (Fsp3) is 0.889. The first kappa shape index (κ1) is 14.2. The van der Waals surface area contributed by atoms with E-state index in [2.05, 4.69) is 4.74 Å². The number of esters is 1. The molecule has 0 saturated carbocycles. The number of rotatable bonds is 3. The third-order valence-corrected chi connectivity index (χ3v) is 2.64. The number of hydrogen-bond acceptors (Lipinski definition) is 5. The Labute approximate surface area is 95.8 Å². The molecule has 0 radical (unpaired) electrons. The standard InChI is InChI=1S/C9H14F3NO4/c1-17-8(16)6-2-5(14)3-13(6)4-7(15)9(10,11)12/h5-7,14-15H,2-4H2,1H3/t5-,6+,7+/m1/s1. The largest absolute Gasteiger partial charge is 0.468 e. The number of nitrogens with zero attached hydrogens (tertiary/aromatic N) is 1. The summed E-state index contributed by atoms with van der Waals surface area (Å²) in [7, 11) is 1.12. The summed E-state index contributed by atoms with van der Waals surface area (Å²) >= 11 is 0. The Morgan fingerprint density at radius 2 is 2.18 bits per heavy atom. The molecule has 0 aromatic rings. The first-order valence-electron chi connectivity index (χ1n) is 5.00. The molecule has 5 nitrogen and oxygen atoms in total. The number of likely N-dealkylation sites (tertiary alicyclic amines) is 1. The lowest BCUT2D eigenvalue weighted by Crippen LogP contribution is -2.45. The smallest absolute Gasteiger partial charge is 0.415 e. The van der Waals surface area contributed by atoms with Crippen molar-refractivity contribution in [2.75, 3.05) is 20.2 Å². The van der Waals surface area contributed by atoms with Gasteiger partial charge in [0.05, 0.1) is 13.2 Å². The van der Waals surface area contributed by atoms with Gasteiger partial charge in [-0.3, -0.25) is 9.69 Å². The number of carbonyl (C=O) groups excluding carboxylic acids is 1. The number of alkyl halides is 3. The molecule has 1 aliphatic rings. The van der Waals surface area contributed by atoms with Crippen LogP contribution in [0.25, 0.3) is 0 Å². The van der Waals surface area contributed by atoms with E-state index in [0.29, 0.717) is 0 Å². The highest BCUT2D eigenvalue weighted by Gasteiger charge is 2.44. The lowest BCUT2D eigenvalue weighted by molar-refractivity contribution is -0.209. The number of ether oxygens (including phenoxy) is 1. The lowest BCUT2D eigenvalue weighted by Gasteiger charge is -2.25. The Balaban J connectivity index is 2.65. The maximum absolute atomic E-state index is 12.2. The summed E-state index contributed by atoms with van der Waals surface area (Å²) in [5.74, 6) is -0.712. The Morgan fingerprint density at radius 3 is 2.65 bits per heavy atom. The molecule has 2 N–H and O–H groups in total. The van der Waals surface area contributed by atoms with Crippen LogP contribution >= 0.6 is 0 Å². The van der Waals surface area contributed by atoms with Gasteiger partial charge in [-0.25, -0.2) is 0 Å². The molecular formula is C9H14F3NO4. The van der Waals surface area contributed by atoms with Crippen molar-refractivity contribution in [3.8, 4) is 0 Å². The fourth-order valence-electron chi connectivity index (χ4n) is 1.79. The number of carbonyl (C=O) groups is 1. The van der Waals surface area contributed by atoms with E-state index in [1.807, 2.05) is 0 Å². The van der Waals surface area contributed by atoms with Crippen LogP contribution in [0, 0.1) is 0 Å². The predicted octanol–water partition coefficient (Wildman–Crippen LogP) is -0.482. The van der Waals surface area contributed by atoms with Gasteiger partial charge in [0.1, 0.15) is 6.04 Å². The zero-order valence-corrected chi connectivity index (χ0v) is 9.15. The van der Waals surface area contributed by atoms with E-state index in [0.717, 1.165) is 12.0 Å². The van der Waals surface area contributed by atoms with E-state index >= 15 is 0 Å². The summed E-state index contributed by atoms with van der Waals surface area (Å²) in [5.41, 5.74) is 0. The van der Waals surface area contributed by atoms with Crippen molar-refractivity contribution in [1.82, 2.24) is 4.90 Å². The van der Waals surface area contributed by atoms with E-state index in [1.165, 1.54) is 0 Å². The summed E-state index contributed by atoms with van der Waals surface area (Å²) in [4.78, 5) is 12.3. The van der Waals surface area contributed by atoms with Crippen LogP contribution in [0.15, 0.2) is 0 Å². The molecule has 1 fully saturated rings. The number of aliphatic hydroxyl groups excluding tert-OH is 2. The normalized spacial score (nSPS) is 28.1. The van der Waals surface area contributed by atoms with Crippen LogP contribution in [0.2, 0.25) is 0 Å². The number of hydrogen-bond donors (Lipinski definition) is 2. The van der Waals surface area contributed by atoms with Gasteiger partial charge in [0.15, 0.2) is 6.10 Å². The summed E-state index contributed by atoms with van der Waals surface area (Å²) in [6.07, 6.45) is -8.16. The highest BCUT2D eigenvalue weighted by molar-refractivity contribution is 5.76. The molecule has 1 rings (SSSR count). The molecule has 0 amide bonds. The lowest BCUT2D eigenvalue weighted by atomic mass is 10.2. The van der Waals surface area contributed by atoms with Crippen LogP contribution < -0.4 is 0 Å². The van der Waals surface area contributed by atoms with Gasteiger partial charge in [0.25, 0.3) is 0 Å². The van der Waals surface area contributed by atoms with Crippen LogP contribution in [0.3, 0.4) is 0 Å². The zero-order valence-electron chi connectivity index (χ0n) is 9.15. The quantitative estimate of drug-likeness (QED) is 0.668. The van der Waals surface area contributed by atoms with Crippen LogP contribution in [-0.4, -0.2) is 65.7 Å². The first-order valence-corrected chi connectivity index (χ1v) is 5.00. The molecule has 0 aromatic heterocycles. The molecule has 100 valence electrons. The molecule has 1 aliphatic heterocycles. The molecule has 1 saturated heterocycles. The zero-order chi connectivity index (χ0) is 13.2. The molecule has 0 unspecified atom stereocenters. The van der Waals surface area contributed by atoms with Crippen molar-refractivity contribution in [3.05, 3.63) is 0 Å². The summed E-state index contributed by atoms with van der Waals surface area (Å²) < 4.78 is 40.9. The topological polar surface area (TPSA) is 70.0 Å². The van der Waals surface area contributed by atoms with Crippen molar-refractivity contribution >= 4 is 5.97 Å². The fourth-order valence-corrected chi connectivity index (χ4v) is 1.79. The highest BCUT2D eigenvalue weighted by atomic mass is 19.4. The van der Waals surface area contributed by atoms with Crippen LogP contribution in [0.4, 0.5) is 13.2 Å². The van der Waals surface area contributed by atoms with Crippen molar-refractivity contribution in [2.24, 2.45) is 0 Å². The Morgan fingerprint density at radius 1 is 1.59 bits per heavy atom. The van der Waals surface area contributed by atoms with Crippen LogP contribution in [0.5, 0.6) is 0 Å². The van der Waals surface area contributed by atoms with Gasteiger partial charge in [-0.15, -0.1) is 0 Å². The minimum absolute atomic E-state index is 0.0112. The average molecular weight is 257 g/mol. The van der Waals surface area contributed by atoms with Gasteiger partial charge in [-0.1, -0.05) is 0 Å². The molecule has 17 heavy (non-hydrogen) atoms. The van der Waals surface area contributed by atoms with Gasteiger partial charge in [-0.05, 0) is 0 Å². The Kier molecular flexibility index (Phi) is 4.34. The van der Waals surface area contributed by atoms with Gasteiger partial charge in [-0.2, -0.15) is 13.2 Å². The number of halogens is 3. The van der Waals surface area contributed by atoms with Crippen molar-refractivity contribution in [1.29, 1.82) is 0 Å². The molecule has 0 bridgehead atoms. The summed E-state index contributed by atoms with van der Waals surface area (Å²) in [5, 5.41) is 18.2. The van der Waals surface area contributed by atoms with E-state index in [-0.39, 0.29) is 13.0 Å². The van der Waals surface area contributed by atoms with Crippen molar-refractivity contribution in [2.45, 2.75) is 30.8 Å². The number of aliphatic hydroxyl groups is 2. The SMILES string of the molecule is COC(=O)[C@@H]1C[C@@H](O)CN1C[C@H](O)C(F)(F)F. The van der Waals surface area contributed by atoms with Crippen molar-refractivity contribution < 1.29 is 32.9 Å². The average Bonchev–Trinajstić information content (AvgIpc) is 2.57. The predicted molar refractivity (Wildman–Crippen MR) is 50.1 cm³/mol. The Bertz CT molecular complexity index is 284. The summed E-state index contributed by atoms with van der Waals surface area (Å²) in [6.45, 7) is -0.840. The van der Waals surface area contributed by atoms with Crippen LogP contribution in [0.1, 0.15) is 6.42 Å². The summed E-state index contributed by atoms with van der Waals surface area (Å²) in [6, 6.07) is -0.938. The van der Waals surface area contributed by atoms with Gasteiger partial charge in [0, 0.05) is 19.5 Å². The molecule has 3 atom stereocenters. The second-order valence-electron chi connectivity index (χ2n) is 3.94. The first-order chi connectivity index (χ1) is 7.75. The van der Waals surface area contributed by atoms with E-state index in [9.17, 15) is 23.1 Å². The van der Waals surface area contributed by atoms with E-state index in [4.69, 9.17) is 5.11 Å². The second kappa shape index (κ2) is 5.19. The molecule has 8 heteroatoms. The third-order valence-electron chi connectivity index (χ3n) is 2.64. The van der Waals surface area contributed by atoms with E-state index < -0.39 is 36.9 Å². The second-order valence-corrected chi connectivity index (χ2v) is 3.94. The molecule has 1 heterocycles. The van der Waals surface area contributed by atoms with Crippen molar-refractivity contribution in [3.63, 3.8) is 0 Å². The minimum atomic E-state index is -4.74. The van der Waals surface area contributed by atoms with Gasteiger partial charge < -0.3 is 14.9 Å².